The van der Waals surface area contributed by atoms with E-state index in [9.17, 15) is 4.79 Å². The molecular weight excluding hydrogens is 328 g/mol. The molecule has 0 unspecified atom stereocenters. The molecule has 1 N–H and O–H groups in total. The molecule has 128 valence electrons. The summed E-state index contributed by atoms with van der Waals surface area (Å²) in [6.07, 6.45) is 0. The van der Waals surface area contributed by atoms with Crippen LogP contribution in [-0.4, -0.2) is 16.6 Å². The lowest BCUT2D eigenvalue weighted by atomic mass is 10.1. The Bertz CT molecular complexity index is 950. The lowest BCUT2D eigenvalue weighted by Gasteiger charge is -2.09. The summed E-state index contributed by atoms with van der Waals surface area (Å²) in [4.78, 5) is 17.0. The highest BCUT2D eigenvalue weighted by molar-refractivity contribution is 7.99. The minimum absolute atomic E-state index is 0.0161. The normalized spacial score (nSPS) is 10.9. The smallest absolute Gasteiger partial charge is 0.234 e. The van der Waals surface area contributed by atoms with Crippen LogP contribution in [0.25, 0.3) is 10.9 Å². The second-order valence-electron chi connectivity index (χ2n) is 6.38. The molecule has 4 heteroatoms. The lowest BCUT2D eigenvalue weighted by molar-refractivity contribution is -0.113. The zero-order chi connectivity index (χ0) is 18.0. The van der Waals surface area contributed by atoms with Crippen molar-refractivity contribution in [3.8, 4) is 0 Å². The second kappa shape index (κ2) is 7.28. The first-order chi connectivity index (χ1) is 11.9. The van der Waals surface area contributed by atoms with Crippen LogP contribution in [-0.2, 0) is 4.79 Å². The maximum absolute atomic E-state index is 12.2. The number of carbonyl (C=O) groups excluding carboxylic acids is 1. The molecule has 0 atom stereocenters. The summed E-state index contributed by atoms with van der Waals surface area (Å²) >= 11 is 1.47. The maximum atomic E-state index is 12.2. The van der Waals surface area contributed by atoms with Crippen molar-refractivity contribution in [3.05, 3.63) is 64.7 Å². The van der Waals surface area contributed by atoms with Gasteiger partial charge in [0.1, 0.15) is 0 Å². The van der Waals surface area contributed by atoms with Gasteiger partial charge in [0.2, 0.25) is 5.91 Å². The predicted molar refractivity (Wildman–Crippen MR) is 106 cm³/mol. The topological polar surface area (TPSA) is 42.0 Å². The van der Waals surface area contributed by atoms with Crippen molar-refractivity contribution in [2.75, 3.05) is 11.1 Å². The SMILES string of the molecule is Cc1ccc(NC(=O)CSc2cc(C)c3cccc(C)c3n2)cc1C. The van der Waals surface area contributed by atoms with Crippen molar-refractivity contribution in [1.29, 1.82) is 0 Å². The maximum Gasteiger partial charge on any atom is 0.234 e. The van der Waals surface area contributed by atoms with Gasteiger partial charge in [-0.1, -0.05) is 36.0 Å². The third-order valence-electron chi connectivity index (χ3n) is 4.37. The van der Waals surface area contributed by atoms with Crippen molar-refractivity contribution in [1.82, 2.24) is 4.98 Å². The van der Waals surface area contributed by atoms with Crippen LogP contribution in [0.5, 0.6) is 0 Å². The molecule has 3 nitrogen and oxygen atoms in total. The molecule has 0 radical (unpaired) electrons. The number of aromatic nitrogens is 1. The standard InChI is InChI=1S/C21H22N2OS/c1-13-8-9-17(10-15(13)3)22-19(24)12-25-20-11-16(4)18-7-5-6-14(2)21(18)23-20/h5-11H,12H2,1-4H3,(H,22,24). The Morgan fingerprint density at radius 1 is 0.960 bits per heavy atom. The van der Waals surface area contributed by atoms with Crippen LogP contribution in [0.2, 0.25) is 0 Å². The average Bonchev–Trinajstić information content (AvgIpc) is 2.57. The number of amides is 1. The lowest BCUT2D eigenvalue weighted by Crippen LogP contribution is -2.14. The number of nitrogens with one attached hydrogen (secondary N) is 1. The van der Waals surface area contributed by atoms with Gasteiger partial charge in [-0.25, -0.2) is 4.98 Å². The highest BCUT2D eigenvalue weighted by atomic mass is 32.2. The van der Waals surface area contributed by atoms with Crippen molar-refractivity contribution in [3.63, 3.8) is 0 Å². The van der Waals surface area contributed by atoms with Crippen LogP contribution in [0.1, 0.15) is 22.3 Å². The fraction of sp³-hybridized carbons (Fsp3) is 0.238. The average molecular weight is 350 g/mol. The van der Waals surface area contributed by atoms with E-state index >= 15 is 0 Å². The van der Waals surface area contributed by atoms with E-state index in [4.69, 9.17) is 4.98 Å². The van der Waals surface area contributed by atoms with Gasteiger partial charge in [-0.2, -0.15) is 0 Å². The second-order valence-corrected chi connectivity index (χ2v) is 7.38. The summed E-state index contributed by atoms with van der Waals surface area (Å²) in [5, 5.41) is 5.01. The molecule has 0 saturated carbocycles. The summed E-state index contributed by atoms with van der Waals surface area (Å²) in [5.74, 6) is 0.328. The molecule has 0 fully saturated rings. The van der Waals surface area contributed by atoms with Crippen LogP contribution in [0.15, 0.2) is 47.5 Å². The highest BCUT2D eigenvalue weighted by Crippen LogP contribution is 2.25. The highest BCUT2D eigenvalue weighted by Gasteiger charge is 2.09. The van der Waals surface area contributed by atoms with E-state index in [-0.39, 0.29) is 5.91 Å². The Morgan fingerprint density at radius 2 is 1.76 bits per heavy atom. The number of carbonyl (C=O) groups is 1. The number of rotatable bonds is 4. The molecule has 1 heterocycles. The van der Waals surface area contributed by atoms with Crippen LogP contribution in [0, 0.1) is 27.7 Å². The Labute approximate surface area is 152 Å². The number of para-hydroxylation sites is 1. The molecule has 0 saturated heterocycles. The molecule has 0 aliphatic carbocycles. The van der Waals surface area contributed by atoms with E-state index in [1.165, 1.54) is 33.8 Å². The number of pyridine rings is 1. The quantitative estimate of drug-likeness (QED) is 0.658. The number of benzene rings is 2. The van der Waals surface area contributed by atoms with Crippen LogP contribution >= 0.6 is 11.8 Å². The summed E-state index contributed by atoms with van der Waals surface area (Å²) in [6.45, 7) is 8.26. The largest absolute Gasteiger partial charge is 0.325 e. The van der Waals surface area contributed by atoms with Crippen LogP contribution in [0.3, 0.4) is 0 Å². The van der Waals surface area contributed by atoms with Gasteiger partial charge in [0.25, 0.3) is 0 Å². The number of hydrogen-bond donors (Lipinski definition) is 1. The number of thioether (sulfide) groups is 1. The molecule has 3 aromatic rings. The summed E-state index contributed by atoms with van der Waals surface area (Å²) < 4.78 is 0. The molecule has 0 bridgehead atoms. The summed E-state index contributed by atoms with van der Waals surface area (Å²) in [7, 11) is 0. The van der Waals surface area contributed by atoms with Crippen molar-refractivity contribution >= 4 is 34.3 Å². The van der Waals surface area contributed by atoms with E-state index < -0.39 is 0 Å². The molecular formula is C21H22N2OS. The van der Waals surface area contributed by atoms with Gasteiger partial charge in [0.15, 0.2) is 0 Å². The van der Waals surface area contributed by atoms with E-state index in [2.05, 4.69) is 50.4 Å². The fourth-order valence-corrected chi connectivity index (χ4v) is 3.53. The van der Waals surface area contributed by atoms with Crippen molar-refractivity contribution in [2.24, 2.45) is 0 Å². The van der Waals surface area contributed by atoms with Crippen LogP contribution < -0.4 is 5.32 Å². The molecule has 3 rings (SSSR count). The molecule has 0 aliphatic heterocycles. The Hall–Kier alpha value is -2.33. The molecule has 25 heavy (non-hydrogen) atoms. The van der Waals surface area contributed by atoms with Gasteiger partial charge in [0, 0.05) is 11.1 Å². The van der Waals surface area contributed by atoms with Gasteiger partial charge >= 0.3 is 0 Å². The van der Waals surface area contributed by atoms with Gasteiger partial charge in [-0.15, -0.1) is 0 Å². The monoisotopic (exact) mass is 350 g/mol. The van der Waals surface area contributed by atoms with Gasteiger partial charge in [-0.3, -0.25) is 4.79 Å². The zero-order valence-corrected chi connectivity index (χ0v) is 15.8. The molecule has 0 aliphatic rings. The van der Waals surface area contributed by atoms with Gasteiger partial charge < -0.3 is 5.32 Å². The minimum Gasteiger partial charge on any atom is -0.325 e. The zero-order valence-electron chi connectivity index (χ0n) is 15.0. The van der Waals surface area contributed by atoms with Crippen LogP contribution in [0.4, 0.5) is 5.69 Å². The molecule has 2 aromatic carbocycles. The molecule has 1 aromatic heterocycles. The number of anilines is 1. The first-order valence-corrected chi connectivity index (χ1v) is 9.29. The van der Waals surface area contributed by atoms with Gasteiger partial charge in [0.05, 0.1) is 16.3 Å². The first kappa shape index (κ1) is 17.5. The van der Waals surface area contributed by atoms with Crippen molar-refractivity contribution in [2.45, 2.75) is 32.7 Å². The molecule has 1 amide bonds. The Kier molecular flexibility index (Phi) is 5.09. The fourth-order valence-electron chi connectivity index (χ4n) is 2.76. The number of aryl methyl sites for hydroxylation is 4. The van der Waals surface area contributed by atoms with E-state index in [0.717, 1.165) is 21.8 Å². The van der Waals surface area contributed by atoms with E-state index in [0.29, 0.717) is 5.75 Å². The minimum atomic E-state index is -0.0161. The Balaban J connectivity index is 1.70. The Morgan fingerprint density at radius 3 is 2.52 bits per heavy atom. The van der Waals surface area contributed by atoms with Crippen molar-refractivity contribution < 1.29 is 4.79 Å². The van der Waals surface area contributed by atoms with E-state index in [1.807, 2.05) is 25.1 Å². The first-order valence-electron chi connectivity index (χ1n) is 8.31. The summed E-state index contributed by atoms with van der Waals surface area (Å²) in [6, 6.07) is 14.2. The number of fused-ring (bicyclic) bond motifs is 1. The third kappa shape index (κ3) is 4.02. The number of nitrogens with zero attached hydrogens (tertiary/aromatic N) is 1. The van der Waals surface area contributed by atoms with Gasteiger partial charge in [-0.05, 0) is 68.1 Å². The number of hydrogen-bond acceptors (Lipinski definition) is 3. The predicted octanol–water partition coefficient (Wildman–Crippen LogP) is 5.20. The van der Waals surface area contributed by atoms with E-state index in [1.54, 1.807) is 0 Å². The summed E-state index contributed by atoms with van der Waals surface area (Å²) in [5.41, 5.74) is 6.59. The molecule has 0 spiro atoms. The third-order valence-corrected chi connectivity index (χ3v) is 5.28.